The van der Waals surface area contributed by atoms with E-state index in [1.807, 2.05) is 54.3 Å². The van der Waals surface area contributed by atoms with Crippen LogP contribution in [0.3, 0.4) is 0 Å². The van der Waals surface area contributed by atoms with E-state index in [1.54, 1.807) is 7.11 Å². The third kappa shape index (κ3) is 4.79. The number of carbonyl (C=O) groups excluding carboxylic acids is 1. The van der Waals surface area contributed by atoms with Crippen molar-refractivity contribution in [1.82, 2.24) is 9.88 Å². The molecule has 1 amide bonds. The number of ether oxygens (including phenoxy) is 3. The third-order valence-electron chi connectivity index (χ3n) is 4.99. The Bertz CT molecular complexity index is 995. The second-order valence-corrected chi connectivity index (χ2v) is 8.11. The van der Waals surface area contributed by atoms with E-state index in [4.69, 9.17) is 14.2 Å². The van der Waals surface area contributed by atoms with Crippen molar-refractivity contribution in [2.45, 2.75) is 25.9 Å². The van der Waals surface area contributed by atoms with E-state index in [0.717, 1.165) is 40.1 Å². The second kappa shape index (κ2) is 8.69. The largest absolute Gasteiger partial charge is 0.497 e. The minimum absolute atomic E-state index is 0.0111. The third-order valence-corrected chi connectivity index (χ3v) is 5.90. The Morgan fingerprint density at radius 2 is 2.00 bits per heavy atom. The van der Waals surface area contributed by atoms with Gasteiger partial charge in [-0.1, -0.05) is 23.5 Å². The molecule has 0 N–H and O–H groups in total. The van der Waals surface area contributed by atoms with Gasteiger partial charge >= 0.3 is 0 Å². The number of thiazole rings is 1. The van der Waals surface area contributed by atoms with Crippen molar-refractivity contribution in [3.05, 3.63) is 48.0 Å². The maximum absolute atomic E-state index is 12.4. The standard InChI is InChI=1S/C22H24N2O4S/c1-15-4-3-5-18(12-15)27-14-21(25)24-10-8-16(9-11-24)28-22-23-19-7-6-17(26-2)13-20(19)29-22/h3-7,12-13,16H,8-11,14H2,1-2H3. The molecule has 0 atom stereocenters. The van der Waals surface area contributed by atoms with Crippen molar-refractivity contribution in [2.75, 3.05) is 26.8 Å². The van der Waals surface area contributed by atoms with Gasteiger partial charge in [0.1, 0.15) is 17.6 Å². The van der Waals surface area contributed by atoms with Crippen LogP contribution in [0.4, 0.5) is 0 Å². The van der Waals surface area contributed by atoms with Crippen molar-refractivity contribution >= 4 is 27.5 Å². The Morgan fingerprint density at radius 1 is 1.17 bits per heavy atom. The van der Waals surface area contributed by atoms with E-state index in [1.165, 1.54) is 11.3 Å². The molecule has 29 heavy (non-hydrogen) atoms. The molecule has 7 heteroatoms. The summed E-state index contributed by atoms with van der Waals surface area (Å²) in [5.74, 6) is 1.55. The summed E-state index contributed by atoms with van der Waals surface area (Å²) in [6, 6.07) is 13.5. The molecule has 0 radical (unpaired) electrons. The molecule has 0 unspecified atom stereocenters. The average Bonchev–Trinajstić information content (AvgIpc) is 3.14. The van der Waals surface area contributed by atoms with Crippen LogP contribution in [0.2, 0.25) is 0 Å². The second-order valence-electron chi connectivity index (χ2n) is 7.12. The fraction of sp³-hybridized carbons (Fsp3) is 0.364. The normalized spacial score (nSPS) is 14.8. The summed E-state index contributed by atoms with van der Waals surface area (Å²) in [4.78, 5) is 18.8. The van der Waals surface area contributed by atoms with Gasteiger partial charge in [0.15, 0.2) is 6.61 Å². The van der Waals surface area contributed by atoms with Crippen LogP contribution in [-0.4, -0.2) is 48.7 Å². The van der Waals surface area contributed by atoms with Crippen LogP contribution >= 0.6 is 11.3 Å². The SMILES string of the molecule is COc1ccc2nc(OC3CCN(C(=O)COc4cccc(C)c4)CC3)sc2c1. The number of methoxy groups -OCH3 is 1. The van der Waals surface area contributed by atoms with E-state index in [9.17, 15) is 4.79 Å². The lowest BCUT2D eigenvalue weighted by atomic mass is 10.1. The minimum atomic E-state index is 0.0111. The van der Waals surface area contributed by atoms with Crippen LogP contribution in [0.1, 0.15) is 18.4 Å². The maximum atomic E-state index is 12.4. The zero-order valence-electron chi connectivity index (χ0n) is 16.6. The van der Waals surface area contributed by atoms with Crippen molar-refractivity contribution in [3.8, 4) is 16.7 Å². The molecule has 4 rings (SSSR count). The van der Waals surface area contributed by atoms with Gasteiger partial charge < -0.3 is 19.1 Å². The number of hydrogen-bond acceptors (Lipinski definition) is 6. The van der Waals surface area contributed by atoms with E-state index >= 15 is 0 Å². The molecule has 6 nitrogen and oxygen atoms in total. The number of carbonyl (C=O) groups is 1. The quantitative estimate of drug-likeness (QED) is 0.611. The number of fused-ring (bicyclic) bond motifs is 1. The zero-order valence-corrected chi connectivity index (χ0v) is 17.4. The molecule has 3 aromatic rings. The number of amides is 1. The first-order valence-electron chi connectivity index (χ1n) is 9.69. The van der Waals surface area contributed by atoms with Gasteiger partial charge in [0.05, 0.1) is 17.3 Å². The van der Waals surface area contributed by atoms with Crippen molar-refractivity contribution in [2.24, 2.45) is 0 Å². The highest BCUT2D eigenvalue weighted by Gasteiger charge is 2.25. The molecule has 2 aromatic carbocycles. The van der Waals surface area contributed by atoms with Gasteiger partial charge in [-0.3, -0.25) is 4.79 Å². The number of nitrogens with zero attached hydrogens (tertiary/aromatic N) is 2. The Balaban J connectivity index is 1.27. The molecule has 1 aliphatic heterocycles. The summed E-state index contributed by atoms with van der Waals surface area (Å²) in [5.41, 5.74) is 2.02. The topological polar surface area (TPSA) is 60.9 Å². The van der Waals surface area contributed by atoms with Crippen LogP contribution in [0, 0.1) is 6.92 Å². The Labute approximate surface area is 174 Å². The molecular weight excluding hydrogens is 388 g/mol. The molecule has 2 heterocycles. The summed E-state index contributed by atoms with van der Waals surface area (Å²) in [6.07, 6.45) is 1.64. The van der Waals surface area contributed by atoms with Gasteiger partial charge in [-0.2, -0.15) is 0 Å². The highest BCUT2D eigenvalue weighted by molar-refractivity contribution is 7.20. The maximum Gasteiger partial charge on any atom is 0.274 e. The highest BCUT2D eigenvalue weighted by Crippen LogP contribution is 2.32. The van der Waals surface area contributed by atoms with Gasteiger partial charge in [-0.15, -0.1) is 0 Å². The number of aryl methyl sites for hydroxylation is 1. The first-order valence-corrected chi connectivity index (χ1v) is 10.5. The smallest absolute Gasteiger partial charge is 0.274 e. The summed E-state index contributed by atoms with van der Waals surface area (Å²) >= 11 is 1.52. The molecule has 1 fully saturated rings. The monoisotopic (exact) mass is 412 g/mol. The number of aromatic nitrogens is 1. The Hall–Kier alpha value is -2.80. The Kier molecular flexibility index (Phi) is 5.85. The van der Waals surface area contributed by atoms with Crippen LogP contribution in [0.5, 0.6) is 16.7 Å². The van der Waals surface area contributed by atoms with Crippen molar-refractivity contribution in [1.29, 1.82) is 0 Å². The molecule has 0 saturated carbocycles. The van der Waals surface area contributed by atoms with E-state index in [2.05, 4.69) is 4.98 Å². The number of rotatable bonds is 6. The lowest BCUT2D eigenvalue weighted by Crippen LogP contribution is -2.43. The molecule has 0 bridgehead atoms. The van der Waals surface area contributed by atoms with Crippen LogP contribution in [0.15, 0.2) is 42.5 Å². The van der Waals surface area contributed by atoms with Gasteiger partial charge in [-0.05, 0) is 42.8 Å². The molecule has 1 aromatic heterocycles. The summed E-state index contributed by atoms with van der Waals surface area (Å²) in [7, 11) is 1.65. The predicted molar refractivity (Wildman–Crippen MR) is 113 cm³/mol. The van der Waals surface area contributed by atoms with Gasteiger partial charge in [0, 0.05) is 25.9 Å². The summed E-state index contributed by atoms with van der Waals surface area (Å²) in [6.45, 7) is 3.40. The first kappa shape index (κ1) is 19.5. The van der Waals surface area contributed by atoms with Gasteiger partial charge in [-0.25, -0.2) is 4.98 Å². The van der Waals surface area contributed by atoms with E-state index < -0.39 is 0 Å². The fourth-order valence-electron chi connectivity index (χ4n) is 3.37. The number of hydrogen-bond donors (Lipinski definition) is 0. The van der Waals surface area contributed by atoms with Crippen LogP contribution < -0.4 is 14.2 Å². The van der Waals surface area contributed by atoms with Crippen LogP contribution in [0.25, 0.3) is 10.2 Å². The minimum Gasteiger partial charge on any atom is -0.497 e. The molecular formula is C22H24N2O4S. The molecule has 1 aliphatic rings. The van der Waals surface area contributed by atoms with Crippen LogP contribution in [-0.2, 0) is 4.79 Å². The van der Waals surface area contributed by atoms with Crippen molar-refractivity contribution < 1.29 is 19.0 Å². The fourth-order valence-corrected chi connectivity index (χ4v) is 4.28. The van der Waals surface area contributed by atoms with Gasteiger partial charge in [0.25, 0.3) is 11.1 Å². The lowest BCUT2D eigenvalue weighted by Gasteiger charge is -2.31. The van der Waals surface area contributed by atoms with E-state index in [0.29, 0.717) is 18.3 Å². The number of piperidine rings is 1. The van der Waals surface area contributed by atoms with Crippen molar-refractivity contribution in [3.63, 3.8) is 0 Å². The van der Waals surface area contributed by atoms with Gasteiger partial charge in [0.2, 0.25) is 0 Å². The molecule has 0 spiro atoms. The lowest BCUT2D eigenvalue weighted by molar-refractivity contribution is -0.135. The summed E-state index contributed by atoms with van der Waals surface area (Å²) in [5, 5.41) is 0.667. The number of likely N-dealkylation sites (tertiary alicyclic amines) is 1. The molecule has 0 aliphatic carbocycles. The van der Waals surface area contributed by atoms with E-state index in [-0.39, 0.29) is 18.6 Å². The molecule has 1 saturated heterocycles. The average molecular weight is 413 g/mol. The Morgan fingerprint density at radius 3 is 2.76 bits per heavy atom. The zero-order chi connectivity index (χ0) is 20.2. The highest BCUT2D eigenvalue weighted by atomic mass is 32.1. The first-order chi connectivity index (χ1) is 14.1. The summed E-state index contributed by atoms with van der Waals surface area (Å²) < 4.78 is 18.0. The molecule has 152 valence electrons. The predicted octanol–water partition coefficient (Wildman–Crippen LogP) is 4.06. The number of benzene rings is 2.